The quantitative estimate of drug-likeness (QED) is 0.791. The maximum atomic E-state index is 4.46. The summed E-state index contributed by atoms with van der Waals surface area (Å²) in [6, 6.07) is 0. The lowest BCUT2D eigenvalue weighted by atomic mass is 10.0. The molecule has 0 atom stereocenters. The van der Waals surface area contributed by atoms with Crippen LogP contribution >= 0.6 is 0 Å². The summed E-state index contributed by atoms with van der Waals surface area (Å²) in [5.41, 5.74) is 3.90. The first-order valence-electron chi connectivity index (χ1n) is 5.22. The molecule has 3 nitrogen and oxygen atoms in total. The highest BCUT2D eigenvalue weighted by Crippen LogP contribution is 2.17. The minimum absolute atomic E-state index is 0.688. The summed E-state index contributed by atoms with van der Waals surface area (Å²) in [6.45, 7) is 7.49. The third-order valence-corrected chi connectivity index (χ3v) is 2.43. The van der Waals surface area contributed by atoms with Gasteiger partial charge in [0.1, 0.15) is 0 Å². The summed E-state index contributed by atoms with van der Waals surface area (Å²) in [4.78, 5) is 0. The Morgan fingerprint density at radius 3 is 2.57 bits per heavy atom. The Morgan fingerprint density at radius 2 is 2.07 bits per heavy atom. The van der Waals surface area contributed by atoms with Crippen LogP contribution in [0.1, 0.15) is 30.8 Å². The van der Waals surface area contributed by atoms with Crippen molar-refractivity contribution >= 4 is 0 Å². The molecule has 1 aromatic heterocycles. The van der Waals surface area contributed by atoms with Gasteiger partial charge in [0, 0.05) is 13.6 Å². The lowest BCUT2D eigenvalue weighted by Crippen LogP contribution is -2.12. The minimum atomic E-state index is 0.688. The summed E-state index contributed by atoms with van der Waals surface area (Å²) in [6.07, 6.45) is 1.12. The number of nitrogens with zero attached hydrogens (tertiary/aromatic N) is 2. The van der Waals surface area contributed by atoms with Crippen LogP contribution in [0.3, 0.4) is 0 Å². The SMILES string of the molecule is CNCc1c(CC(C)C)c(C)nn1C. The average molecular weight is 195 g/mol. The molecule has 0 fully saturated rings. The number of aromatic nitrogens is 2. The molecule has 1 N–H and O–H groups in total. The van der Waals surface area contributed by atoms with Crippen molar-refractivity contribution < 1.29 is 0 Å². The van der Waals surface area contributed by atoms with Crippen molar-refractivity contribution in [2.45, 2.75) is 33.7 Å². The zero-order chi connectivity index (χ0) is 10.7. The van der Waals surface area contributed by atoms with E-state index < -0.39 is 0 Å². The molecule has 1 rings (SSSR count). The van der Waals surface area contributed by atoms with E-state index >= 15 is 0 Å². The normalized spacial score (nSPS) is 11.3. The van der Waals surface area contributed by atoms with Crippen molar-refractivity contribution in [3.05, 3.63) is 17.0 Å². The second-order valence-corrected chi connectivity index (χ2v) is 4.26. The molecule has 0 aliphatic heterocycles. The van der Waals surface area contributed by atoms with E-state index in [1.165, 1.54) is 17.0 Å². The van der Waals surface area contributed by atoms with Crippen LogP contribution in [0.15, 0.2) is 0 Å². The van der Waals surface area contributed by atoms with Gasteiger partial charge in [-0.1, -0.05) is 13.8 Å². The molecule has 0 bridgehead atoms. The highest BCUT2D eigenvalue weighted by molar-refractivity contribution is 5.25. The first-order valence-corrected chi connectivity index (χ1v) is 5.22. The van der Waals surface area contributed by atoms with Crippen LogP contribution in [-0.4, -0.2) is 16.8 Å². The predicted octanol–water partition coefficient (Wildman–Crippen LogP) is 1.65. The summed E-state index contributed by atoms with van der Waals surface area (Å²) >= 11 is 0. The largest absolute Gasteiger partial charge is 0.314 e. The Hall–Kier alpha value is -0.830. The van der Waals surface area contributed by atoms with Gasteiger partial charge in [-0.05, 0) is 31.9 Å². The van der Waals surface area contributed by atoms with Gasteiger partial charge >= 0.3 is 0 Å². The summed E-state index contributed by atoms with van der Waals surface area (Å²) < 4.78 is 1.99. The molecule has 14 heavy (non-hydrogen) atoms. The minimum Gasteiger partial charge on any atom is -0.314 e. The lowest BCUT2D eigenvalue weighted by Gasteiger charge is -2.08. The highest BCUT2D eigenvalue weighted by Gasteiger charge is 2.13. The molecule has 80 valence electrons. The van der Waals surface area contributed by atoms with E-state index in [1.807, 2.05) is 18.8 Å². The second kappa shape index (κ2) is 4.60. The predicted molar refractivity (Wildman–Crippen MR) is 59.3 cm³/mol. The van der Waals surface area contributed by atoms with Crippen LogP contribution in [0, 0.1) is 12.8 Å². The molecule has 0 saturated heterocycles. The molecule has 0 spiro atoms. The summed E-state index contributed by atoms with van der Waals surface area (Å²) in [5.74, 6) is 0.688. The fraction of sp³-hybridized carbons (Fsp3) is 0.727. The fourth-order valence-electron chi connectivity index (χ4n) is 1.81. The van der Waals surface area contributed by atoms with E-state index in [0.717, 1.165) is 13.0 Å². The van der Waals surface area contributed by atoms with Crippen molar-refractivity contribution in [1.29, 1.82) is 0 Å². The van der Waals surface area contributed by atoms with Gasteiger partial charge in [-0.2, -0.15) is 5.10 Å². The van der Waals surface area contributed by atoms with E-state index in [2.05, 4.69) is 31.2 Å². The number of nitrogens with one attached hydrogen (secondary N) is 1. The molecule has 0 unspecified atom stereocenters. The Morgan fingerprint density at radius 1 is 1.43 bits per heavy atom. The monoisotopic (exact) mass is 195 g/mol. The first-order chi connectivity index (χ1) is 6.56. The van der Waals surface area contributed by atoms with E-state index in [4.69, 9.17) is 0 Å². The van der Waals surface area contributed by atoms with Crippen LogP contribution in [0.2, 0.25) is 0 Å². The van der Waals surface area contributed by atoms with Gasteiger partial charge in [0.15, 0.2) is 0 Å². The van der Waals surface area contributed by atoms with E-state index in [0.29, 0.717) is 5.92 Å². The van der Waals surface area contributed by atoms with Gasteiger partial charge < -0.3 is 5.32 Å². The Kier molecular flexibility index (Phi) is 3.69. The van der Waals surface area contributed by atoms with Gasteiger partial charge in [-0.25, -0.2) is 0 Å². The molecule has 1 heterocycles. The van der Waals surface area contributed by atoms with Crippen LogP contribution in [0.4, 0.5) is 0 Å². The molecular weight excluding hydrogens is 174 g/mol. The summed E-state index contributed by atoms with van der Waals surface area (Å²) in [5, 5.41) is 7.65. The molecule has 1 aromatic rings. The summed E-state index contributed by atoms with van der Waals surface area (Å²) in [7, 11) is 3.99. The fourth-order valence-corrected chi connectivity index (χ4v) is 1.81. The number of rotatable bonds is 4. The highest BCUT2D eigenvalue weighted by atomic mass is 15.3. The number of hydrogen-bond acceptors (Lipinski definition) is 2. The standard InChI is InChI=1S/C11H21N3/c1-8(2)6-10-9(3)13-14(5)11(10)7-12-4/h8,12H,6-7H2,1-5H3. The van der Waals surface area contributed by atoms with Crippen molar-refractivity contribution in [3.63, 3.8) is 0 Å². The average Bonchev–Trinajstić information content (AvgIpc) is 2.31. The molecule has 0 aromatic carbocycles. The van der Waals surface area contributed by atoms with Crippen LogP contribution in [0.25, 0.3) is 0 Å². The van der Waals surface area contributed by atoms with Crippen molar-refractivity contribution in [1.82, 2.24) is 15.1 Å². The third kappa shape index (κ3) is 2.35. The third-order valence-electron chi connectivity index (χ3n) is 2.43. The van der Waals surface area contributed by atoms with Gasteiger partial charge in [0.05, 0.1) is 11.4 Å². The van der Waals surface area contributed by atoms with Gasteiger partial charge in [-0.3, -0.25) is 4.68 Å². The number of aryl methyl sites for hydroxylation is 2. The zero-order valence-electron chi connectivity index (χ0n) is 9.89. The topological polar surface area (TPSA) is 29.9 Å². The van der Waals surface area contributed by atoms with Crippen molar-refractivity contribution in [2.24, 2.45) is 13.0 Å². The lowest BCUT2D eigenvalue weighted by molar-refractivity contribution is 0.625. The molecule has 0 amide bonds. The smallest absolute Gasteiger partial charge is 0.0629 e. The van der Waals surface area contributed by atoms with Gasteiger partial charge in [0.25, 0.3) is 0 Å². The molecule has 0 aliphatic rings. The van der Waals surface area contributed by atoms with E-state index in [9.17, 15) is 0 Å². The molecule has 3 heteroatoms. The molecule has 0 saturated carbocycles. The second-order valence-electron chi connectivity index (χ2n) is 4.26. The van der Waals surface area contributed by atoms with Crippen LogP contribution < -0.4 is 5.32 Å². The Bertz CT molecular complexity index is 300. The Balaban J connectivity index is 2.98. The zero-order valence-corrected chi connectivity index (χ0v) is 9.89. The van der Waals surface area contributed by atoms with Crippen LogP contribution in [-0.2, 0) is 20.0 Å². The molecule has 0 radical (unpaired) electrons. The van der Waals surface area contributed by atoms with Crippen molar-refractivity contribution in [2.75, 3.05) is 7.05 Å². The molecule has 0 aliphatic carbocycles. The van der Waals surface area contributed by atoms with Crippen molar-refractivity contribution in [3.8, 4) is 0 Å². The number of hydrogen-bond donors (Lipinski definition) is 1. The van der Waals surface area contributed by atoms with E-state index in [-0.39, 0.29) is 0 Å². The van der Waals surface area contributed by atoms with Gasteiger partial charge in [-0.15, -0.1) is 0 Å². The maximum Gasteiger partial charge on any atom is 0.0629 e. The van der Waals surface area contributed by atoms with Gasteiger partial charge in [0.2, 0.25) is 0 Å². The Labute approximate surface area is 86.5 Å². The maximum absolute atomic E-state index is 4.46. The van der Waals surface area contributed by atoms with E-state index in [1.54, 1.807) is 0 Å². The van der Waals surface area contributed by atoms with Crippen LogP contribution in [0.5, 0.6) is 0 Å². The molecular formula is C11H21N3. The first kappa shape index (κ1) is 11.2.